The van der Waals surface area contributed by atoms with Crippen molar-refractivity contribution in [2.75, 3.05) is 5.73 Å². The third-order valence-corrected chi connectivity index (χ3v) is 5.17. The molecular weight excluding hydrogens is 408 g/mol. The van der Waals surface area contributed by atoms with Gasteiger partial charge in [0.15, 0.2) is 5.58 Å². The Labute approximate surface area is 181 Å². The van der Waals surface area contributed by atoms with Crippen LogP contribution in [0.2, 0.25) is 0 Å². The summed E-state index contributed by atoms with van der Waals surface area (Å²) in [4.78, 5) is 33.5. The molecule has 5 rings (SSSR count). The number of nitrogen functional groups attached to an aromatic ring is 1. The van der Waals surface area contributed by atoms with Crippen LogP contribution in [0.15, 0.2) is 77.5 Å². The molecule has 32 heavy (non-hydrogen) atoms. The first-order valence-electron chi connectivity index (χ1n) is 9.78. The average molecular weight is 426 g/mol. The zero-order valence-electron chi connectivity index (χ0n) is 16.7. The van der Waals surface area contributed by atoms with Gasteiger partial charge in [-0.1, -0.05) is 36.4 Å². The number of benzene rings is 2. The highest BCUT2D eigenvalue weighted by Crippen LogP contribution is 2.26. The summed E-state index contributed by atoms with van der Waals surface area (Å²) in [7, 11) is 0. The molecular formula is C23H18N6O3. The summed E-state index contributed by atoms with van der Waals surface area (Å²) >= 11 is 0. The number of imidazole rings is 1. The largest absolute Gasteiger partial charge is 0.424 e. The van der Waals surface area contributed by atoms with Gasteiger partial charge in [-0.15, -0.1) is 0 Å². The quantitative estimate of drug-likeness (QED) is 0.394. The van der Waals surface area contributed by atoms with Crippen molar-refractivity contribution in [2.45, 2.75) is 6.04 Å². The number of primary amides is 1. The SMILES string of the molecule is NC(=O)C(NC(=O)c1cnc2ccc(-c3ccc4oc(N)nc4c3)cn12)c1ccccc1. The molecule has 0 saturated carbocycles. The molecule has 1 atom stereocenters. The van der Waals surface area contributed by atoms with E-state index in [-0.39, 0.29) is 11.7 Å². The van der Waals surface area contributed by atoms with Crippen LogP contribution >= 0.6 is 0 Å². The van der Waals surface area contributed by atoms with Crippen LogP contribution in [0.3, 0.4) is 0 Å². The normalized spacial score (nSPS) is 12.1. The predicted molar refractivity (Wildman–Crippen MR) is 118 cm³/mol. The molecule has 9 heteroatoms. The van der Waals surface area contributed by atoms with Crippen LogP contribution in [0.4, 0.5) is 6.01 Å². The van der Waals surface area contributed by atoms with Crippen molar-refractivity contribution in [1.29, 1.82) is 0 Å². The number of fused-ring (bicyclic) bond motifs is 2. The fraction of sp³-hybridized carbons (Fsp3) is 0.0435. The van der Waals surface area contributed by atoms with E-state index >= 15 is 0 Å². The van der Waals surface area contributed by atoms with E-state index in [4.69, 9.17) is 15.9 Å². The van der Waals surface area contributed by atoms with E-state index in [1.807, 2.05) is 24.3 Å². The number of nitrogens with zero attached hydrogens (tertiary/aromatic N) is 3. The summed E-state index contributed by atoms with van der Waals surface area (Å²) in [5, 5.41) is 2.70. The Kier molecular flexibility index (Phi) is 4.55. The van der Waals surface area contributed by atoms with Crippen LogP contribution in [0, 0.1) is 0 Å². The highest BCUT2D eigenvalue weighted by atomic mass is 16.4. The molecule has 0 aliphatic carbocycles. The summed E-state index contributed by atoms with van der Waals surface area (Å²) in [5.41, 5.74) is 15.5. The number of nitrogens with one attached hydrogen (secondary N) is 1. The predicted octanol–water partition coefficient (Wildman–Crippen LogP) is 2.68. The lowest BCUT2D eigenvalue weighted by Gasteiger charge is -2.15. The second-order valence-electron chi connectivity index (χ2n) is 7.24. The van der Waals surface area contributed by atoms with Crippen molar-refractivity contribution < 1.29 is 14.0 Å². The first-order valence-corrected chi connectivity index (χ1v) is 9.78. The highest BCUT2D eigenvalue weighted by molar-refractivity contribution is 5.97. The van der Waals surface area contributed by atoms with Gasteiger partial charge in [-0.25, -0.2) is 4.98 Å². The first-order chi connectivity index (χ1) is 15.5. The number of carbonyl (C=O) groups is 2. The number of amides is 2. The Bertz CT molecular complexity index is 1470. The van der Waals surface area contributed by atoms with Gasteiger partial charge in [0.1, 0.15) is 22.9 Å². The van der Waals surface area contributed by atoms with Gasteiger partial charge >= 0.3 is 0 Å². The van der Waals surface area contributed by atoms with Crippen molar-refractivity contribution in [3.05, 3.63) is 84.3 Å². The highest BCUT2D eigenvalue weighted by Gasteiger charge is 2.22. The van der Waals surface area contributed by atoms with Crippen LogP contribution in [-0.4, -0.2) is 26.2 Å². The van der Waals surface area contributed by atoms with Crippen molar-refractivity contribution in [2.24, 2.45) is 5.73 Å². The van der Waals surface area contributed by atoms with Gasteiger partial charge in [0.2, 0.25) is 5.91 Å². The summed E-state index contributed by atoms with van der Waals surface area (Å²) in [6, 6.07) is 17.2. The molecule has 2 aromatic carbocycles. The molecule has 9 nitrogen and oxygen atoms in total. The number of nitrogens with two attached hydrogens (primary N) is 2. The molecule has 0 aliphatic heterocycles. The Morgan fingerprint density at radius 1 is 1.03 bits per heavy atom. The van der Waals surface area contributed by atoms with E-state index in [1.165, 1.54) is 6.20 Å². The van der Waals surface area contributed by atoms with Crippen molar-refractivity contribution in [3.8, 4) is 11.1 Å². The number of anilines is 1. The smallest absolute Gasteiger partial charge is 0.292 e. The molecule has 0 bridgehead atoms. The third-order valence-electron chi connectivity index (χ3n) is 5.17. The van der Waals surface area contributed by atoms with Gasteiger partial charge in [0.25, 0.3) is 11.9 Å². The van der Waals surface area contributed by atoms with Gasteiger partial charge in [0.05, 0.1) is 6.20 Å². The van der Waals surface area contributed by atoms with Crippen LogP contribution < -0.4 is 16.8 Å². The average Bonchev–Trinajstić information content (AvgIpc) is 3.39. The number of rotatable bonds is 5. The van der Waals surface area contributed by atoms with E-state index in [2.05, 4.69) is 15.3 Å². The maximum atomic E-state index is 13.0. The maximum absolute atomic E-state index is 13.0. The molecule has 0 aliphatic rings. The van der Waals surface area contributed by atoms with E-state index < -0.39 is 17.9 Å². The second kappa shape index (κ2) is 7.55. The molecule has 3 aromatic heterocycles. The van der Waals surface area contributed by atoms with Crippen molar-refractivity contribution >= 4 is 34.6 Å². The number of hydrogen-bond acceptors (Lipinski definition) is 6. The van der Waals surface area contributed by atoms with E-state index in [9.17, 15) is 9.59 Å². The van der Waals surface area contributed by atoms with E-state index in [1.54, 1.807) is 47.0 Å². The van der Waals surface area contributed by atoms with Crippen LogP contribution in [0.5, 0.6) is 0 Å². The summed E-state index contributed by atoms with van der Waals surface area (Å²) in [6.07, 6.45) is 3.25. The maximum Gasteiger partial charge on any atom is 0.292 e. The van der Waals surface area contributed by atoms with Crippen LogP contribution in [0.25, 0.3) is 27.9 Å². The Morgan fingerprint density at radius 3 is 2.59 bits per heavy atom. The lowest BCUT2D eigenvalue weighted by molar-refractivity contribution is -0.120. The molecule has 0 radical (unpaired) electrons. The zero-order valence-corrected chi connectivity index (χ0v) is 16.7. The second-order valence-corrected chi connectivity index (χ2v) is 7.24. The van der Waals surface area contributed by atoms with Crippen LogP contribution in [-0.2, 0) is 4.79 Å². The minimum atomic E-state index is -0.961. The number of hydrogen-bond donors (Lipinski definition) is 3. The fourth-order valence-electron chi connectivity index (χ4n) is 3.61. The molecule has 0 spiro atoms. The van der Waals surface area contributed by atoms with Gasteiger partial charge in [-0.3, -0.25) is 14.0 Å². The lowest BCUT2D eigenvalue weighted by Crippen LogP contribution is -2.37. The molecule has 0 saturated heterocycles. The molecule has 5 N–H and O–H groups in total. The molecule has 2 amide bonds. The van der Waals surface area contributed by atoms with Gasteiger partial charge in [0, 0.05) is 6.20 Å². The number of carbonyl (C=O) groups excluding carboxylic acids is 2. The number of aromatic nitrogens is 3. The molecule has 158 valence electrons. The van der Waals surface area contributed by atoms with Crippen LogP contribution in [0.1, 0.15) is 22.1 Å². The standard InChI is InChI=1S/C23H18N6O3/c24-21(30)20(13-4-2-1-3-5-13)28-22(31)17-11-26-19-9-7-15(12-29(17)19)14-6-8-18-16(10-14)27-23(25)32-18/h1-12,20H,(H2,24,30)(H2,25,27)(H,28,31). The zero-order chi connectivity index (χ0) is 22.2. The molecule has 5 aromatic rings. The lowest BCUT2D eigenvalue weighted by atomic mass is 10.1. The van der Waals surface area contributed by atoms with Crippen molar-refractivity contribution in [1.82, 2.24) is 19.7 Å². The Morgan fingerprint density at radius 2 is 1.81 bits per heavy atom. The van der Waals surface area contributed by atoms with Gasteiger partial charge in [-0.2, -0.15) is 4.98 Å². The van der Waals surface area contributed by atoms with Crippen molar-refractivity contribution in [3.63, 3.8) is 0 Å². The van der Waals surface area contributed by atoms with E-state index in [0.717, 1.165) is 11.1 Å². The monoisotopic (exact) mass is 426 g/mol. The Balaban J connectivity index is 1.50. The minimum absolute atomic E-state index is 0.101. The Hall–Kier alpha value is -4.66. The number of pyridine rings is 1. The fourth-order valence-corrected chi connectivity index (χ4v) is 3.61. The minimum Gasteiger partial charge on any atom is -0.424 e. The third kappa shape index (κ3) is 3.41. The molecule has 1 unspecified atom stereocenters. The van der Waals surface area contributed by atoms with E-state index in [0.29, 0.717) is 22.3 Å². The summed E-state index contributed by atoms with van der Waals surface area (Å²) in [5.74, 6) is -1.12. The molecule has 0 fully saturated rings. The molecule has 3 heterocycles. The number of oxazole rings is 1. The van der Waals surface area contributed by atoms with Gasteiger partial charge < -0.3 is 21.2 Å². The first kappa shape index (κ1) is 19.3. The topological polar surface area (TPSA) is 142 Å². The van der Waals surface area contributed by atoms with Gasteiger partial charge in [-0.05, 0) is 41.0 Å². The summed E-state index contributed by atoms with van der Waals surface area (Å²) in [6.45, 7) is 0. The summed E-state index contributed by atoms with van der Waals surface area (Å²) < 4.78 is 6.98.